The van der Waals surface area contributed by atoms with Crippen LogP contribution in [-0.4, -0.2) is 21.2 Å². The van der Waals surface area contributed by atoms with Gasteiger partial charge in [0.2, 0.25) is 0 Å². The maximum Gasteiger partial charge on any atom is 0.303 e. The van der Waals surface area contributed by atoms with Crippen LogP contribution in [0.2, 0.25) is 0 Å². The Morgan fingerprint density at radius 2 is 2.12 bits per heavy atom. The van der Waals surface area contributed by atoms with E-state index in [4.69, 9.17) is 5.11 Å². The minimum atomic E-state index is -0.836. The van der Waals surface area contributed by atoms with Gasteiger partial charge in [-0.25, -0.2) is 0 Å². The van der Waals surface area contributed by atoms with E-state index in [2.05, 4.69) is 4.98 Å². The van der Waals surface area contributed by atoms with Crippen molar-refractivity contribution in [1.29, 1.82) is 0 Å². The molecule has 0 bridgehead atoms. The average molecular weight is 217 g/mol. The topological polar surface area (TPSA) is 70.4 Å². The number of carboxylic acids is 1. The van der Waals surface area contributed by atoms with Gasteiger partial charge in [0.1, 0.15) is 5.75 Å². The Balaban J connectivity index is 2.41. The van der Waals surface area contributed by atoms with Gasteiger partial charge in [-0.3, -0.25) is 9.78 Å². The van der Waals surface area contributed by atoms with Crippen molar-refractivity contribution in [3.05, 3.63) is 36.2 Å². The molecule has 1 aromatic carbocycles. The molecule has 0 aliphatic rings. The molecule has 0 spiro atoms. The Morgan fingerprint density at radius 1 is 1.31 bits per heavy atom. The van der Waals surface area contributed by atoms with Gasteiger partial charge in [-0.05, 0) is 29.7 Å². The summed E-state index contributed by atoms with van der Waals surface area (Å²) in [6, 6.07) is 6.77. The summed E-state index contributed by atoms with van der Waals surface area (Å²) in [5.41, 5.74) is 0.750. The number of hydrogen-bond donors (Lipinski definition) is 2. The molecule has 16 heavy (non-hydrogen) atoms. The number of pyridine rings is 1. The lowest BCUT2D eigenvalue weighted by atomic mass is 10.1. The maximum atomic E-state index is 10.5. The minimum absolute atomic E-state index is 0.0625. The monoisotopic (exact) mass is 217 g/mol. The largest absolute Gasteiger partial charge is 0.508 e. The van der Waals surface area contributed by atoms with Crippen LogP contribution in [0.15, 0.2) is 30.5 Å². The normalized spacial score (nSPS) is 10.5. The molecule has 2 rings (SSSR count). The SMILES string of the molecule is O=C(O)CCc1nccc2cc(O)ccc12. The van der Waals surface area contributed by atoms with Gasteiger partial charge in [0.05, 0.1) is 6.42 Å². The number of aryl methyl sites for hydroxylation is 1. The predicted octanol–water partition coefficient (Wildman–Crippen LogP) is 1.96. The van der Waals surface area contributed by atoms with Gasteiger partial charge >= 0.3 is 5.97 Å². The molecule has 0 saturated heterocycles. The summed E-state index contributed by atoms with van der Waals surface area (Å²) in [6.45, 7) is 0. The number of aromatic hydroxyl groups is 1. The van der Waals surface area contributed by atoms with E-state index < -0.39 is 5.97 Å². The second-order valence-electron chi connectivity index (χ2n) is 3.56. The summed E-state index contributed by atoms with van der Waals surface area (Å²) in [5.74, 6) is -0.638. The molecule has 0 aliphatic heterocycles. The van der Waals surface area contributed by atoms with Crippen LogP contribution >= 0.6 is 0 Å². The van der Waals surface area contributed by atoms with Crippen LogP contribution in [0.25, 0.3) is 10.8 Å². The highest BCUT2D eigenvalue weighted by Crippen LogP contribution is 2.22. The standard InChI is InChI=1S/C12H11NO3/c14-9-1-2-10-8(7-9)5-6-13-11(10)3-4-12(15)16/h1-2,5-7,14H,3-4H2,(H,15,16). The molecule has 4 nitrogen and oxygen atoms in total. The van der Waals surface area contributed by atoms with Gasteiger partial charge in [-0.2, -0.15) is 0 Å². The Hall–Kier alpha value is -2.10. The smallest absolute Gasteiger partial charge is 0.303 e. The van der Waals surface area contributed by atoms with E-state index in [9.17, 15) is 9.90 Å². The predicted molar refractivity (Wildman–Crippen MR) is 59.4 cm³/mol. The number of nitrogens with zero attached hydrogens (tertiary/aromatic N) is 1. The van der Waals surface area contributed by atoms with Crippen molar-refractivity contribution in [2.45, 2.75) is 12.8 Å². The first-order valence-corrected chi connectivity index (χ1v) is 4.95. The summed E-state index contributed by atoms with van der Waals surface area (Å²) >= 11 is 0. The zero-order valence-corrected chi connectivity index (χ0v) is 8.55. The fourth-order valence-electron chi connectivity index (χ4n) is 1.65. The van der Waals surface area contributed by atoms with Crippen LogP contribution in [0.1, 0.15) is 12.1 Å². The van der Waals surface area contributed by atoms with E-state index in [0.717, 1.165) is 16.5 Å². The second-order valence-corrected chi connectivity index (χ2v) is 3.56. The van der Waals surface area contributed by atoms with Crippen LogP contribution in [0.3, 0.4) is 0 Å². The van der Waals surface area contributed by atoms with Crippen LogP contribution < -0.4 is 0 Å². The van der Waals surface area contributed by atoms with E-state index >= 15 is 0 Å². The number of hydrogen-bond acceptors (Lipinski definition) is 3. The van der Waals surface area contributed by atoms with Crippen LogP contribution in [0, 0.1) is 0 Å². The van der Waals surface area contributed by atoms with Gasteiger partial charge in [0, 0.05) is 23.7 Å². The van der Waals surface area contributed by atoms with Gasteiger partial charge < -0.3 is 10.2 Å². The summed E-state index contributed by atoms with van der Waals surface area (Å²) < 4.78 is 0. The Morgan fingerprint density at radius 3 is 2.88 bits per heavy atom. The van der Waals surface area contributed by atoms with E-state index in [1.165, 1.54) is 0 Å². The van der Waals surface area contributed by atoms with E-state index in [1.807, 2.05) is 0 Å². The van der Waals surface area contributed by atoms with Crippen molar-refractivity contribution in [3.8, 4) is 5.75 Å². The van der Waals surface area contributed by atoms with Crippen molar-refractivity contribution >= 4 is 16.7 Å². The molecular weight excluding hydrogens is 206 g/mol. The lowest BCUT2D eigenvalue weighted by Crippen LogP contribution is -1.99. The van der Waals surface area contributed by atoms with Crippen molar-refractivity contribution in [2.75, 3.05) is 0 Å². The zero-order chi connectivity index (χ0) is 11.5. The summed E-state index contributed by atoms with van der Waals surface area (Å²) in [4.78, 5) is 14.7. The second kappa shape index (κ2) is 4.18. The molecule has 0 atom stereocenters. The van der Waals surface area contributed by atoms with E-state index in [-0.39, 0.29) is 12.2 Å². The fraction of sp³-hybridized carbons (Fsp3) is 0.167. The summed E-state index contributed by atoms with van der Waals surface area (Å²) in [7, 11) is 0. The molecule has 0 unspecified atom stereocenters. The summed E-state index contributed by atoms with van der Waals surface area (Å²) in [5, 5.41) is 19.7. The number of carboxylic acid groups (broad SMARTS) is 1. The molecule has 0 amide bonds. The lowest BCUT2D eigenvalue weighted by Gasteiger charge is -2.04. The molecule has 4 heteroatoms. The lowest BCUT2D eigenvalue weighted by molar-refractivity contribution is -0.136. The van der Waals surface area contributed by atoms with Crippen LogP contribution in [0.5, 0.6) is 5.75 Å². The molecule has 1 aromatic heterocycles. The van der Waals surface area contributed by atoms with Gasteiger partial charge in [-0.15, -0.1) is 0 Å². The first-order valence-electron chi connectivity index (χ1n) is 4.95. The van der Waals surface area contributed by atoms with Gasteiger partial charge in [0.15, 0.2) is 0 Å². The number of rotatable bonds is 3. The molecule has 0 fully saturated rings. The number of phenols is 1. The molecule has 2 aromatic rings. The molecule has 0 aliphatic carbocycles. The van der Waals surface area contributed by atoms with Gasteiger partial charge in [-0.1, -0.05) is 0 Å². The molecule has 82 valence electrons. The average Bonchev–Trinajstić information content (AvgIpc) is 2.25. The van der Waals surface area contributed by atoms with Crippen molar-refractivity contribution < 1.29 is 15.0 Å². The third-order valence-corrected chi connectivity index (χ3v) is 2.41. The third-order valence-electron chi connectivity index (χ3n) is 2.41. The first kappa shape index (κ1) is 10.4. The molecule has 1 heterocycles. The Bertz CT molecular complexity index is 537. The summed E-state index contributed by atoms with van der Waals surface area (Å²) in [6.07, 6.45) is 2.09. The quantitative estimate of drug-likeness (QED) is 0.824. The highest BCUT2D eigenvalue weighted by molar-refractivity contribution is 5.86. The number of phenolic OH excluding ortho intramolecular Hbond substituents is 1. The number of carbonyl (C=O) groups is 1. The third kappa shape index (κ3) is 2.11. The van der Waals surface area contributed by atoms with Crippen molar-refractivity contribution in [1.82, 2.24) is 4.98 Å². The molecule has 2 N–H and O–H groups in total. The molecular formula is C12H11NO3. The van der Waals surface area contributed by atoms with Crippen molar-refractivity contribution in [3.63, 3.8) is 0 Å². The first-order chi connectivity index (χ1) is 7.66. The van der Waals surface area contributed by atoms with Crippen LogP contribution in [0.4, 0.5) is 0 Å². The molecule has 0 saturated carbocycles. The minimum Gasteiger partial charge on any atom is -0.508 e. The maximum absolute atomic E-state index is 10.5. The highest BCUT2D eigenvalue weighted by Gasteiger charge is 2.05. The number of aromatic nitrogens is 1. The Kier molecular flexibility index (Phi) is 2.72. The van der Waals surface area contributed by atoms with Crippen molar-refractivity contribution in [2.24, 2.45) is 0 Å². The number of fused-ring (bicyclic) bond motifs is 1. The van der Waals surface area contributed by atoms with Crippen LogP contribution in [-0.2, 0) is 11.2 Å². The Labute approximate surface area is 92.2 Å². The number of benzene rings is 1. The molecule has 0 radical (unpaired) electrons. The highest BCUT2D eigenvalue weighted by atomic mass is 16.4. The van der Waals surface area contributed by atoms with E-state index in [0.29, 0.717) is 6.42 Å². The zero-order valence-electron chi connectivity index (χ0n) is 8.55. The van der Waals surface area contributed by atoms with E-state index in [1.54, 1.807) is 30.5 Å². The number of aliphatic carboxylic acids is 1. The van der Waals surface area contributed by atoms with Gasteiger partial charge in [0.25, 0.3) is 0 Å². The fourth-order valence-corrected chi connectivity index (χ4v) is 1.65.